The summed E-state index contributed by atoms with van der Waals surface area (Å²) in [5.41, 5.74) is 0.690. The molecule has 0 spiro atoms. The molecule has 0 saturated carbocycles. The number of rotatable bonds is 6. The molecule has 0 bridgehead atoms. The van der Waals surface area contributed by atoms with Gasteiger partial charge in [0.25, 0.3) is 5.91 Å². The topological polar surface area (TPSA) is 107 Å². The highest BCUT2D eigenvalue weighted by Gasteiger charge is 2.35. The van der Waals surface area contributed by atoms with Crippen LogP contribution >= 0.6 is 0 Å². The van der Waals surface area contributed by atoms with Crippen molar-refractivity contribution in [2.75, 3.05) is 24.7 Å². The molecular weight excluding hydrogens is 346 g/mol. The molecule has 1 fully saturated rings. The van der Waals surface area contributed by atoms with Gasteiger partial charge in [-0.25, -0.2) is 18.2 Å². The molecule has 1 amide bonds. The maximum atomic E-state index is 12.5. The molecule has 0 radical (unpaired) electrons. The van der Waals surface area contributed by atoms with Gasteiger partial charge in [0.1, 0.15) is 0 Å². The standard InChI is InChI=1S/C16H23N3O5S/c1-11(2)8-19(13-4-5-25(22,23)10-13)15(20)9-24-16(21)14-7-17-12(3)6-18-14/h6-7,11,13H,4-5,8-10H2,1-3H3/t13-/m0/s1. The molecule has 9 heteroatoms. The number of ether oxygens (including phenoxy) is 1. The number of nitrogens with zero attached hydrogens (tertiary/aromatic N) is 3. The molecule has 1 aromatic heterocycles. The summed E-state index contributed by atoms with van der Waals surface area (Å²) >= 11 is 0. The minimum atomic E-state index is -3.11. The third kappa shape index (κ3) is 5.48. The van der Waals surface area contributed by atoms with E-state index in [1.807, 2.05) is 13.8 Å². The third-order valence-electron chi connectivity index (χ3n) is 3.85. The lowest BCUT2D eigenvalue weighted by atomic mass is 10.1. The van der Waals surface area contributed by atoms with Crippen molar-refractivity contribution in [3.63, 3.8) is 0 Å². The van der Waals surface area contributed by atoms with Gasteiger partial charge in [0.2, 0.25) is 0 Å². The zero-order chi connectivity index (χ0) is 18.6. The fraction of sp³-hybridized carbons (Fsp3) is 0.625. The monoisotopic (exact) mass is 369 g/mol. The number of esters is 1. The van der Waals surface area contributed by atoms with E-state index in [1.165, 1.54) is 17.3 Å². The summed E-state index contributed by atoms with van der Waals surface area (Å²) in [5.74, 6) is -0.916. The van der Waals surface area contributed by atoms with E-state index in [1.54, 1.807) is 6.92 Å². The molecule has 0 N–H and O–H groups in total. The molecule has 1 aliphatic heterocycles. The molecular formula is C16H23N3O5S. The summed E-state index contributed by atoms with van der Waals surface area (Å²) in [6.07, 6.45) is 3.14. The van der Waals surface area contributed by atoms with Crippen LogP contribution in [-0.2, 0) is 19.4 Å². The van der Waals surface area contributed by atoms with Gasteiger partial charge in [-0.3, -0.25) is 9.78 Å². The number of aryl methyl sites for hydroxylation is 1. The van der Waals surface area contributed by atoms with Crippen molar-refractivity contribution in [1.82, 2.24) is 14.9 Å². The Morgan fingerprint density at radius 2 is 2.04 bits per heavy atom. The van der Waals surface area contributed by atoms with E-state index in [2.05, 4.69) is 9.97 Å². The molecule has 138 valence electrons. The van der Waals surface area contributed by atoms with Crippen LogP contribution < -0.4 is 0 Å². The summed E-state index contributed by atoms with van der Waals surface area (Å²) in [5, 5.41) is 0. The first-order valence-electron chi connectivity index (χ1n) is 8.13. The second kappa shape index (κ2) is 7.90. The minimum Gasteiger partial charge on any atom is -0.451 e. The second-order valence-corrected chi connectivity index (χ2v) is 8.84. The highest BCUT2D eigenvalue weighted by atomic mass is 32.2. The van der Waals surface area contributed by atoms with Crippen molar-refractivity contribution in [1.29, 1.82) is 0 Å². The second-order valence-electron chi connectivity index (χ2n) is 6.62. The fourth-order valence-corrected chi connectivity index (χ4v) is 4.38. The molecule has 2 heterocycles. The molecule has 1 aromatic rings. The van der Waals surface area contributed by atoms with E-state index < -0.39 is 28.3 Å². The van der Waals surface area contributed by atoms with E-state index in [0.29, 0.717) is 18.7 Å². The number of carbonyl (C=O) groups excluding carboxylic acids is 2. The van der Waals surface area contributed by atoms with Crippen LogP contribution in [0.1, 0.15) is 36.5 Å². The van der Waals surface area contributed by atoms with E-state index in [9.17, 15) is 18.0 Å². The van der Waals surface area contributed by atoms with Crippen molar-refractivity contribution in [2.24, 2.45) is 5.92 Å². The zero-order valence-corrected chi connectivity index (χ0v) is 15.5. The third-order valence-corrected chi connectivity index (χ3v) is 5.60. The molecule has 25 heavy (non-hydrogen) atoms. The lowest BCUT2D eigenvalue weighted by molar-refractivity contribution is -0.137. The maximum absolute atomic E-state index is 12.5. The summed E-state index contributed by atoms with van der Waals surface area (Å²) in [4.78, 5) is 33.8. The Kier molecular flexibility index (Phi) is 6.10. The van der Waals surface area contributed by atoms with Crippen LogP contribution in [0.4, 0.5) is 0 Å². The van der Waals surface area contributed by atoms with Crippen LogP contribution in [0.5, 0.6) is 0 Å². The van der Waals surface area contributed by atoms with E-state index in [4.69, 9.17) is 4.74 Å². The minimum absolute atomic E-state index is 0.0252. The fourth-order valence-electron chi connectivity index (χ4n) is 2.65. The van der Waals surface area contributed by atoms with Crippen LogP contribution in [0.2, 0.25) is 0 Å². The maximum Gasteiger partial charge on any atom is 0.359 e. The molecule has 1 aliphatic rings. The number of sulfone groups is 1. The lowest BCUT2D eigenvalue weighted by Gasteiger charge is -2.29. The van der Waals surface area contributed by atoms with Gasteiger partial charge < -0.3 is 9.64 Å². The Labute approximate surface area is 147 Å². The Hall–Kier alpha value is -2.03. The first kappa shape index (κ1) is 19.3. The van der Waals surface area contributed by atoms with Crippen molar-refractivity contribution >= 4 is 21.7 Å². The lowest BCUT2D eigenvalue weighted by Crippen LogP contribution is -2.45. The predicted octanol–water partition coefficient (Wildman–Crippen LogP) is 0.614. The first-order valence-corrected chi connectivity index (χ1v) is 9.96. The highest BCUT2D eigenvalue weighted by molar-refractivity contribution is 7.91. The van der Waals surface area contributed by atoms with Crippen LogP contribution in [0.3, 0.4) is 0 Å². The highest BCUT2D eigenvalue weighted by Crippen LogP contribution is 2.19. The van der Waals surface area contributed by atoms with Gasteiger partial charge in [-0.1, -0.05) is 13.8 Å². The SMILES string of the molecule is Cc1cnc(C(=O)OCC(=O)N(CC(C)C)[C@H]2CCS(=O)(=O)C2)cn1. The quantitative estimate of drug-likeness (QED) is 0.676. The summed E-state index contributed by atoms with van der Waals surface area (Å²) in [7, 11) is -3.11. The average Bonchev–Trinajstić information content (AvgIpc) is 2.90. The van der Waals surface area contributed by atoms with Crippen molar-refractivity contribution in [3.05, 3.63) is 23.8 Å². The van der Waals surface area contributed by atoms with Gasteiger partial charge in [-0.05, 0) is 19.3 Å². The summed E-state index contributed by atoms with van der Waals surface area (Å²) < 4.78 is 28.4. The molecule has 0 unspecified atom stereocenters. The van der Waals surface area contributed by atoms with Gasteiger partial charge >= 0.3 is 5.97 Å². The number of hydrogen-bond acceptors (Lipinski definition) is 7. The Morgan fingerprint density at radius 1 is 1.32 bits per heavy atom. The van der Waals surface area contributed by atoms with Crippen molar-refractivity contribution in [3.8, 4) is 0 Å². The molecule has 1 atom stereocenters. The van der Waals surface area contributed by atoms with Gasteiger partial charge in [-0.15, -0.1) is 0 Å². The average molecular weight is 369 g/mol. The Balaban J connectivity index is 1.99. The number of amides is 1. The van der Waals surface area contributed by atoms with Gasteiger partial charge in [0.15, 0.2) is 22.1 Å². The van der Waals surface area contributed by atoms with Crippen LogP contribution in [-0.4, -0.2) is 65.9 Å². The molecule has 8 nitrogen and oxygen atoms in total. The normalized spacial score (nSPS) is 19.0. The smallest absolute Gasteiger partial charge is 0.359 e. The summed E-state index contributed by atoms with van der Waals surface area (Å²) in [6.45, 7) is 5.60. The zero-order valence-electron chi connectivity index (χ0n) is 14.6. The van der Waals surface area contributed by atoms with E-state index >= 15 is 0 Å². The van der Waals surface area contributed by atoms with Gasteiger partial charge in [0.05, 0.1) is 23.4 Å². The number of carbonyl (C=O) groups is 2. The van der Waals surface area contributed by atoms with Crippen LogP contribution in [0.15, 0.2) is 12.4 Å². The van der Waals surface area contributed by atoms with Gasteiger partial charge in [0, 0.05) is 18.8 Å². The Bertz CT molecular complexity index is 731. The molecule has 2 rings (SSSR count). The Morgan fingerprint density at radius 3 is 2.56 bits per heavy atom. The number of aromatic nitrogens is 2. The van der Waals surface area contributed by atoms with Crippen molar-refractivity contribution in [2.45, 2.75) is 33.2 Å². The first-order chi connectivity index (χ1) is 11.7. The summed E-state index contributed by atoms with van der Waals surface area (Å²) in [6, 6.07) is -0.363. The van der Waals surface area contributed by atoms with Crippen LogP contribution in [0, 0.1) is 12.8 Å². The van der Waals surface area contributed by atoms with Crippen molar-refractivity contribution < 1.29 is 22.7 Å². The molecule has 1 saturated heterocycles. The van der Waals surface area contributed by atoms with Gasteiger partial charge in [-0.2, -0.15) is 0 Å². The molecule has 0 aliphatic carbocycles. The predicted molar refractivity (Wildman–Crippen MR) is 90.7 cm³/mol. The van der Waals surface area contributed by atoms with E-state index in [0.717, 1.165) is 0 Å². The van der Waals surface area contributed by atoms with E-state index in [-0.39, 0.29) is 29.2 Å². The number of hydrogen-bond donors (Lipinski definition) is 0. The van der Waals surface area contributed by atoms with Crippen LogP contribution in [0.25, 0.3) is 0 Å². The molecule has 0 aromatic carbocycles. The largest absolute Gasteiger partial charge is 0.451 e.